The Balaban J connectivity index is 2.19. The van der Waals surface area contributed by atoms with Gasteiger partial charge in [-0.3, -0.25) is 0 Å². The van der Waals surface area contributed by atoms with Gasteiger partial charge in [0.1, 0.15) is 0 Å². The average molecular weight is 190 g/mol. The molecule has 0 aromatic carbocycles. The molecule has 0 saturated carbocycles. The molecule has 0 atom stereocenters. The number of hydrazine groups is 1. The fourth-order valence-electron chi connectivity index (χ4n) is 2.22. The third-order valence-electron chi connectivity index (χ3n) is 3.09. The van der Waals surface area contributed by atoms with Gasteiger partial charge in [0.2, 0.25) is 0 Å². The van der Waals surface area contributed by atoms with E-state index in [1.807, 2.05) is 12.2 Å². The van der Waals surface area contributed by atoms with E-state index in [4.69, 9.17) is 0 Å². The SMILES string of the molecule is C=CC1=C(C=C)CN2CCCCN2C1. The van der Waals surface area contributed by atoms with E-state index in [0.717, 1.165) is 13.1 Å². The zero-order valence-corrected chi connectivity index (χ0v) is 8.71. The highest BCUT2D eigenvalue weighted by Gasteiger charge is 2.25. The van der Waals surface area contributed by atoms with Crippen LogP contribution < -0.4 is 0 Å². The van der Waals surface area contributed by atoms with Gasteiger partial charge in [-0.1, -0.05) is 25.3 Å². The van der Waals surface area contributed by atoms with E-state index in [0.29, 0.717) is 0 Å². The van der Waals surface area contributed by atoms with Crippen LogP contribution in [0.5, 0.6) is 0 Å². The molecule has 2 heterocycles. The molecule has 0 aliphatic carbocycles. The minimum absolute atomic E-state index is 1.02. The molecule has 2 heteroatoms. The maximum Gasteiger partial charge on any atom is 0.0387 e. The van der Waals surface area contributed by atoms with Gasteiger partial charge in [0, 0.05) is 26.2 Å². The van der Waals surface area contributed by atoms with Gasteiger partial charge >= 0.3 is 0 Å². The topological polar surface area (TPSA) is 6.48 Å². The summed E-state index contributed by atoms with van der Waals surface area (Å²) in [6.07, 6.45) is 6.60. The molecule has 0 aromatic heterocycles. The Hall–Kier alpha value is -0.860. The molecule has 0 bridgehead atoms. The second-order valence-electron chi connectivity index (χ2n) is 3.94. The highest BCUT2D eigenvalue weighted by atomic mass is 15.6. The maximum absolute atomic E-state index is 3.87. The van der Waals surface area contributed by atoms with Crippen LogP contribution in [0.2, 0.25) is 0 Å². The molecule has 1 fully saturated rings. The van der Waals surface area contributed by atoms with Crippen molar-refractivity contribution >= 4 is 0 Å². The molecule has 0 radical (unpaired) electrons. The van der Waals surface area contributed by atoms with Gasteiger partial charge in [-0.15, -0.1) is 0 Å². The predicted octanol–water partition coefficient (Wildman–Crippen LogP) is 1.98. The van der Waals surface area contributed by atoms with Crippen molar-refractivity contribution in [3.05, 3.63) is 36.5 Å². The Morgan fingerprint density at radius 1 is 0.857 bits per heavy atom. The van der Waals surface area contributed by atoms with Crippen LogP contribution in [0.15, 0.2) is 36.5 Å². The van der Waals surface area contributed by atoms with Gasteiger partial charge in [-0.05, 0) is 24.0 Å². The van der Waals surface area contributed by atoms with Gasteiger partial charge < -0.3 is 0 Å². The number of hydrogen-bond donors (Lipinski definition) is 0. The van der Waals surface area contributed by atoms with Crippen molar-refractivity contribution in [1.29, 1.82) is 0 Å². The van der Waals surface area contributed by atoms with Gasteiger partial charge in [0.25, 0.3) is 0 Å². The molecule has 0 unspecified atom stereocenters. The molecule has 2 rings (SSSR count). The lowest BCUT2D eigenvalue weighted by atomic mass is 10.0. The zero-order chi connectivity index (χ0) is 9.97. The first-order valence-electron chi connectivity index (χ1n) is 5.32. The van der Waals surface area contributed by atoms with Crippen molar-refractivity contribution in [1.82, 2.24) is 10.0 Å². The van der Waals surface area contributed by atoms with Crippen LogP contribution in [-0.2, 0) is 0 Å². The van der Waals surface area contributed by atoms with Crippen LogP contribution in [-0.4, -0.2) is 36.2 Å². The van der Waals surface area contributed by atoms with E-state index >= 15 is 0 Å². The molecule has 0 spiro atoms. The lowest BCUT2D eigenvalue weighted by molar-refractivity contribution is -0.0412. The third-order valence-corrected chi connectivity index (χ3v) is 3.09. The monoisotopic (exact) mass is 190 g/mol. The minimum Gasteiger partial charge on any atom is -0.237 e. The van der Waals surface area contributed by atoms with Crippen molar-refractivity contribution < 1.29 is 0 Å². The van der Waals surface area contributed by atoms with Crippen molar-refractivity contribution in [3.8, 4) is 0 Å². The molecular weight excluding hydrogens is 172 g/mol. The van der Waals surface area contributed by atoms with E-state index in [-0.39, 0.29) is 0 Å². The molecule has 1 saturated heterocycles. The summed E-state index contributed by atoms with van der Waals surface area (Å²) >= 11 is 0. The number of nitrogens with zero attached hydrogens (tertiary/aromatic N) is 2. The Labute approximate surface area is 86.2 Å². The van der Waals surface area contributed by atoms with Crippen LogP contribution in [0.3, 0.4) is 0 Å². The summed E-state index contributed by atoms with van der Waals surface area (Å²) in [4.78, 5) is 0. The Morgan fingerprint density at radius 2 is 1.29 bits per heavy atom. The molecule has 2 aliphatic heterocycles. The first-order chi connectivity index (χ1) is 6.85. The van der Waals surface area contributed by atoms with Crippen LogP contribution in [0, 0.1) is 0 Å². The van der Waals surface area contributed by atoms with E-state index in [9.17, 15) is 0 Å². The van der Waals surface area contributed by atoms with Crippen LogP contribution in [0.4, 0.5) is 0 Å². The van der Waals surface area contributed by atoms with E-state index < -0.39 is 0 Å². The standard InChI is InChI=1S/C12H18N2/c1-3-11-9-13-7-5-6-8-14(13)10-12(11)4-2/h3-4H,1-2,5-10H2. The predicted molar refractivity (Wildman–Crippen MR) is 59.8 cm³/mol. The zero-order valence-electron chi connectivity index (χ0n) is 8.71. The maximum atomic E-state index is 3.87. The van der Waals surface area contributed by atoms with Crippen LogP contribution in [0.25, 0.3) is 0 Å². The largest absolute Gasteiger partial charge is 0.237 e. The fraction of sp³-hybridized carbons (Fsp3) is 0.500. The van der Waals surface area contributed by atoms with Crippen molar-refractivity contribution in [2.45, 2.75) is 12.8 Å². The van der Waals surface area contributed by atoms with E-state index in [1.54, 1.807) is 0 Å². The number of hydrogen-bond acceptors (Lipinski definition) is 2. The summed E-state index contributed by atoms with van der Waals surface area (Å²) in [5, 5.41) is 4.88. The molecule has 2 nitrogen and oxygen atoms in total. The summed E-state index contributed by atoms with van der Waals surface area (Å²) in [5.41, 5.74) is 2.69. The summed E-state index contributed by atoms with van der Waals surface area (Å²) in [5.74, 6) is 0. The first kappa shape index (κ1) is 9.69. The van der Waals surface area contributed by atoms with Gasteiger partial charge in [0.05, 0.1) is 0 Å². The number of fused-ring (bicyclic) bond motifs is 1. The van der Waals surface area contributed by atoms with Gasteiger partial charge in [0.15, 0.2) is 0 Å². The Bertz CT molecular complexity index is 250. The summed E-state index contributed by atoms with van der Waals surface area (Å²) in [6, 6.07) is 0. The molecule has 0 amide bonds. The van der Waals surface area contributed by atoms with E-state index in [2.05, 4.69) is 23.2 Å². The van der Waals surface area contributed by atoms with Gasteiger partial charge in [-0.2, -0.15) is 0 Å². The Morgan fingerprint density at radius 3 is 1.64 bits per heavy atom. The molecular formula is C12H18N2. The highest BCUT2D eigenvalue weighted by molar-refractivity contribution is 5.35. The second-order valence-corrected chi connectivity index (χ2v) is 3.94. The molecule has 0 aromatic rings. The summed E-state index contributed by atoms with van der Waals surface area (Å²) in [7, 11) is 0. The van der Waals surface area contributed by atoms with Crippen LogP contribution >= 0.6 is 0 Å². The molecule has 14 heavy (non-hydrogen) atoms. The van der Waals surface area contributed by atoms with Crippen molar-refractivity contribution in [2.24, 2.45) is 0 Å². The lowest BCUT2D eigenvalue weighted by Crippen LogP contribution is -2.51. The smallest absolute Gasteiger partial charge is 0.0387 e. The van der Waals surface area contributed by atoms with Crippen molar-refractivity contribution in [3.63, 3.8) is 0 Å². The normalized spacial score (nSPS) is 24.6. The van der Waals surface area contributed by atoms with E-state index in [1.165, 1.54) is 37.1 Å². The van der Waals surface area contributed by atoms with Gasteiger partial charge in [-0.25, -0.2) is 10.0 Å². The average Bonchev–Trinajstić information content (AvgIpc) is 2.27. The highest BCUT2D eigenvalue weighted by Crippen LogP contribution is 2.22. The number of rotatable bonds is 2. The minimum atomic E-state index is 1.02. The molecule has 76 valence electrons. The second kappa shape index (κ2) is 4.11. The first-order valence-corrected chi connectivity index (χ1v) is 5.32. The molecule has 2 aliphatic rings. The molecule has 0 N–H and O–H groups in total. The quantitative estimate of drug-likeness (QED) is 0.657. The Kier molecular flexibility index (Phi) is 2.85. The van der Waals surface area contributed by atoms with Crippen LogP contribution in [0.1, 0.15) is 12.8 Å². The fourth-order valence-corrected chi connectivity index (χ4v) is 2.22. The third kappa shape index (κ3) is 1.68. The lowest BCUT2D eigenvalue weighted by Gasteiger charge is -2.42. The summed E-state index contributed by atoms with van der Waals surface area (Å²) < 4.78 is 0. The van der Waals surface area contributed by atoms with Crippen molar-refractivity contribution in [2.75, 3.05) is 26.2 Å². The summed E-state index contributed by atoms with van der Waals surface area (Å²) in [6.45, 7) is 12.2.